The van der Waals surface area contributed by atoms with Crippen LogP contribution in [0.3, 0.4) is 0 Å². The van der Waals surface area contributed by atoms with Gasteiger partial charge in [-0.1, -0.05) is 29.8 Å². The molecule has 1 heterocycles. The summed E-state index contributed by atoms with van der Waals surface area (Å²) in [6, 6.07) is 1.07. The zero-order valence-electron chi connectivity index (χ0n) is 12.5. The number of anilines is 1. The molecule has 0 fully saturated rings. The van der Waals surface area contributed by atoms with Crippen LogP contribution in [0.2, 0.25) is 10.0 Å². The summed E-state index contributed by atoms with van der Waals surface area (Å²) in [6.07, 6.45) is -4.74. The Kier molecular flexibility index (Phi) is 5.24. The van der Waals surface area contributed by atoms with E-state index >= 15 is 0 Å². The van der Waals surface area contributed by atoms with Crippen LogP contribution in [0.1, 0.15) is 12.5 Å². The predicted octanol–water partition coefficient (Wildman–Crippen LogP) is 5.05. The smallest absolute Gasteiger partial charge is 0.382 e. The maximum absolute atomic E-state index is 13.4. The fourth-order valence-corrected chi connectivity index (χ4v) is 3.47. The van der Waals surface area contributed by atoms with Crippen molar-refractivity contribution in [3.8, 4) is 5.69 Å². The van der Waals surface area contributed by atoms with Gasteiger partial charge < -0.3 is 10.6 Å². The SMILES string of the molecule is [C-]#[N+]c1nn(-c2c(Cl)cc(C(F)(F)F)cc2Cl)c(N)c1S(=O)C(C)(F)F. The Balaban J connectivity index is 2.75. The van der Waals surface area contributed by atoms with Crippen LogP contribution in [0.5, 0.6) is 0 Å². The minimum absolute atomic E-state index is 0.353. The summed E-state index contributed by atoms with van der Waals surface area (Å²) in [7, 11) is -3.03. The van der Waals surface area contributed by atoms with Gasteiger partial charge in [0.05, 0.1) is 15.6 Å². The van der Waals surface area contributed by atoms with Crippen LogP contribution in [0.15, 0.2) is 17.0 Å². The van der Waals surface area contributed by atoms with E-state index < -0.39 is 54.4 Å². The van der Waals surface area contributed by atoms with Gasteiger partial charge in [0.1, 0.15) is 21.4 Å². The Morgan fingerprint density at radius 3 is 2.12 bits per heavy atom. The first-order chi connectivity index (χ1) is 11.8. The highest BCUT2D eigenvalue weighted by Gasteiger charge is 2.39. The summed E-state index contributed by atoms with van der Waals surface area (Å²) in [4.78, 5) is 2.11. The van der Waals surface area contributed by atoms with Gasteiger partial charge in [0.2, 0.25) is 0 Å². The molecule has 0 radical (unpaired) electrons. The molecule has 140 valence electrons. The average Bonchev–Trinajstić information content (AvgIpc) is 2.80. The molecule has 2 N–H and O–H groups in total. The van der Waals surface area contributed by atoms with Crippen molar-refractivity contribution in [2.75, 3.05) is 5.73 Å². The molecule has 0 aliphatic rings. The molecular weight excluding hydrogens is 426 g/mol. The third kappa shape index (κ3) is 3.62. The molecule has 2 aromatic rings. The van der Waals surface area contributed by atoms with Crippen LogP contribution in [0.4, 0.5) is 33.6 Å². The normalized spacial score (nSPS) is 13.5. The summed E-state index contributed by atoms with van der Waals surface area (Å²) >= 11 is 11.6. The van der Waals surface area contributed by atoms with Gasteiger partial charge in [-0.2, -0.15) is 22.0 Å². The number of halogens is 7. The molecule has 1 atom stereocenters. The molecule has 0 saturated heterocycles. The van der Waals surface area contributed by atoms with E-state index in [1.54, 1.807) is 0 Å². The van der Waals surface area contributed by atoms with Gasteiger partial charge in [0.15, 0.2) is 5.82 Å². The van der Waals surface area contributed by atoms with Crippen LogP contribution < -0.4 is 5.73 Å². The van der Waals surface area contributed by atoms with E-state index in [-0.39, 0.29) is 5.69 Å². The average molecular weight is 433 g/mol. The zero-order valence-corrected chi connectivity index (χ0v) is 14.9. The van der Waals surface area contributed by atoms with Gasteiger partial charge in [-0.15, -0.1) is 4.68 Å². The van der Waals surface area contributed by atoms with Crippen molar-refractivity contribution in [2.45, 2.75) is 23.3 Å². The third-order valence-electron chi connectivity index (χ3n) is 3.03. The van der Waals surface area contributed by atoms with Crippen molar-refractivity contribution in [2.24, 2.45) is 0 Å². The molecule has 0 saturated carbocycles. The van der Waals surface area contributed by atoms with Gasteiger partial charge in [-0.25, -0.2) is 4.21 Å². The molecule has 2 rings (SSSR count). The Morgan fingerprint density at radius 2 is 1.73 bits per heavy atom. The van der Waals surface area contributed by atoms with Crippen LogP contribution in [0, 0.1) is 6.57 Å². The number of hydrogen-bond donors (Lipinski definition) is 1. The van der Waals surface area contributed by atoms with E-state index in [9.17, 15) is 26.2 Å². The Bertz CT molecular complexity index is 923. The highest BCUT2D eigenvalue weighted by atomic mass is 35.5. The Morgan fingerprint density at radius 1 is 1.23 bits per heavy atom. The van der Waals surface area contributed by atoms with Gasteiger partial charge in [-0.05, 0) is 17.2 Å². The van der Waals surface area contributed by atoms with Gasteiger partial charge >= 0.3 is 17.2 Å². The molecule has 13 heteroatoms. The standard InChI is InChI=1S/C13H7Cl2F5N4OS/c1-12(16,17)26(25)9-10(21)24(23-11(9)22-2)8-6(14)3-5(4-7(8)15)13(18,19)20/h3-4H,21H2,1H3. The predicted molar refractivity (Wildman–Crippen MR) is 86.3 cm³/mol. The first-order valence-electron chi connectivity index (χ1n) is 6.41. The number of aromatic nitrogens is 2. The fourth-order valence-electron chi connectivity index (χ4n) is 1.94. The van der Waals surface area contributed by atoms with E-state index in [0.717, 1.165) is 0 Å². The topological polar surface area (TPSA) is 65.3 Å². The minimum atomic E-state index is -4.74. The Hall–Kier alpha value is -1.90. The molecule has 26 heavy (non-hydrogen) atoms. The van der Waals surface area contributed by atoms with Crippen molar-refractivity contribution in [3.63, 3.8) is 0 Å². The minimum Gasteiger partial charge on any atom is -0.382 e. The maximum Gasteiger partial charge on any atom is 0.416 e. The molecular formula is C13H7Cl2F5N4OS. The largest absolute Gasteiger partial charge is 0.416 e. The number of nitrogens with two attached hydrogens (primary N) is 1. The fraction of sp³-hybridized carbons (Fsp3) is 0.231. The molecule has 0 aliphatic carbocycles. The molecule has 5 nitrogen and oxygen atoms in total. The zero-order chi connectivity index (χ0) is 20.0. The van der Waals surface area contributed by atoms with Crippen molar-refractivity contribution in [3.05, 3.63) is 39.2 Å². The second-order valence-electron chi connectivity index (χ2n) is 4.92. The number of benzene rings is 1. The Labute approximate surface area is 155 Å². The number of hydrogen-bond acceptors (Lipinski definition) is 3. The molecule has 1 aromatic carbocycles. The summed E-state index contributed by atoms with van der Waals surface area (Å²) in [5.74, 6) is -1.37. The van der Waals surface area contributed by atoms with E-state index in [1.165, 1.54) is 0 Å². The summed E-state index contributed by atoms with van der Waals surface area (Å²) in [5, 5.41) is -1.22. The van der Waals surface area contributed by atoms with E-state index in [0.29, 0.717) is 23.7 Å². The summed E-state index contributed by atoms with van der Waals surface area (Å²) < 4.78 is 77.7. The van der Waals surface area contributed by atoms with Crippen molar-refractivity contribution < 1.29 is 26.2 Å². The number of nitrogen functional groups attached to an aromatic ring is 1. The molecule has 0 amide bonds. The van der Waals surface area contributed by atoms with Crippen molar-refractivity contribution >= 4 is 45.6 Å². The lowest BCUT2D eigenvalue weighted by Gasteiger charge is -2.12. The summed E-state index contributed by atoms with van der Waals surface area (Å²) in [5.41, 5.74) is 4.14. The highest BCUT2D eigenvalue weighted by Crippen LogP contribution is 2.41. The maximum atomic E-state index is 13.4. The van der Waals surface area contributed by atoms with Gasteiger partial charge in [-0.3, -0.25) is 0 Å². The lowest BCUT2D eigenvalue weighted by Crippen LogP contribution is -2.19. The van der Waals surface area contributed by atoms with E-state index in [4.69, 9.17) is 35.5 Å². The first kappa shape index (κ1) is 20.4. The van der Waals surface area contributed by atoms with Crippen LogP contribution in [0.25, 0.3) is 10.5 Å². The van der Waals surface area contributed by atoms with E-state index in [1.807, 2.05) is 0 Å². The third-order valence-corrected chi connectivity index (χ3v) is 5.02. The van der Waals surface area contributed by atoms with Crippen molar-refractivity contribution in [1.29, 1.82) is 0 Å². The second kappa shape index (κ2) is 6.68. The van der Waals surface area contributed by atoms with Crippen LogP contribution in [-0.2, 0) is 17.0 Å². The second-order valence-corrected chi connectivity index (χ2v) is 7.40. The first-order valence-corrected chi connectivity index (χ1v) is 8.31. The lowest BCUT2D eigenvalue weighted by atomic mass is 10.2. The number of alkyl halides is 5. The molecule has 0 spiro atoms. The number of nitrogens with zero attached hydrogens (tertiary/aromatic N) is 3. The van der Waals surface area contributed by atoms with Gasteiger partial charge in [0, 0.05) is 6.92 Å². The monoisotopic (exact) mass is 432 g/mol. The number of rotatable bonds is 3. The highest BCUT2D eigenvalue weighted by molar-refractivity contribution is 7.86. The molecule has 0 aliphatic heterocycles. The van der Waals surface area contributed by atoms with E-state index in [2.05, 4.69) is 9.94 Å². The molecule has 0 bridgehead atoms. The lowest BCUT2D eigenvalue weighted by molar-refractivity contribution is -0.137. The quantitative estimate of drug-likeness (QED) is 0.544. The van der Waals surface area contributed by atoms with Crippen LogP contribution >= 0.6 is 23.2 Å². The van der Waals surface area contributed by atoms with Crippen molar-refractivity contribution in [1.82, 2.24) is 9.78 Å². The molecule has 1 aromatic heterocycles. The summed E-state index contributed by atoms with van der Waals surface area (Å²) in [6.45, 7) is 7.33. The van der Waals surface area contributed by atoms with Gasteiger partial charge in [0.25, 0.3) is 0 Å². The molecule has 1 unspecified atom stereocenters. The van der Waals surface area contributed by atoms with Crippen LogP contribution in [-0.4, -0.2) is 19.2 Å².